The van der Waals surface area contributed by atoms with Gasteiger partial charge in [0, 0.05) is 5.02 Å². The highest BCUT2D eigenvalue weighted by atomic mass is 35.5. The van der Waals surface area contributed by atoms with Gasteiger partial charge in [-0.1, -0.05) is 29.8 Å². The van der Waals surface area contributed by atoms with Crippen molar-refractivity contribution < 1.29 is 4.74 Å². The van der Waals surface area contributed by atoms with Gasteiger partial charge in [-0.2, -0.15) is 0 Å². The first kappa shape index (κ1) is 11.2. The summed E-state index contributed by atoms with van der Waals surface area (Å²) >= 11 is 5.84. The third kappa shape index (κ3) is 3.50. The smallest absolute Gasteiger partial charge is 0.0663 e. The van der Waals surface area contributed by atoms with Gasteiger partial charge in [0.05, 0.1) is 19.3 Å². The molecule has 3 heteroatoms. The highest BCUT2D eigenvalue weighted by Crippen LogP contribution is 2.16. The van der Waals surface area contributed by atoms with Crippen LogP contribution in [-0.2, 0) is 4.74 Å². The first-order valence-electron chi connectivity index (χ1n) is 4.43. The van der Waals surface area contributed by atoms with Gasteiger partial charge >= 0.3 is 0 Å². The molecule has 14 heavy (non-hydrogen) atoms. The molecule has 2 N–H and O–H groups in total. The molecule has 0 heterocycles. The maximum Gasteiger partial charge on any atom is 0.0663 e. The second-order valence-electron chi connectivity index (χ2n) is 2.99. The SMILES string of the molecule is C=CCOC[C@@H](N)c1cccc(Cl)c1. The summed E-state index contributed by atoms with van der Waals surface area (Å²) < 4.78 is 5.25. The molecule has 0 saturated carbocycles. The molecule has 0 amide bonds. The zero-order valence-electron chi connectivity index (χ0n) is 7.95. The molecular weight excluding hydrogens is 198 g/mol. The van der Waals surface area contributed by atoms with E-state index in [2.05, 4.69) is 6.58 Å². The average molecular weight is 212 g/mol. The zero-order valence-corrected chi connectivity index (χ0v) is 8.70. The van der Waals surface area contributed by atoms with Gasteiger partial charge < -0.3 is 10.5 Å². The molecule has 2 nitrogen and oxygen atoms in total. The number of hydrogen-bond donors (Lipinski definition) is 1. The van der Waals surface area contributed by atoms with Crippen LogP contribution in [0.15, 0.2) is 36.9 Å². The number of nitrogens with two attached hydrogens (primary N) is 1. The summed E-state index contributed by atoms with van der Waals surface area (Å²) in [5.74, 6) is 0. The largest absolute Gasteiger partial charge is 0.375 e. The number of hydrogen-bond acceptors (Lipinski definition) is 2. The molecular formula is C11H14ClNO. The number of rotatable bonds is 5. The molecule has 1 aromatic carbocycles. The van der Waals surface area contributed by atoms with Gasteiger partial charge in [0.25, 0.3) is 0 Å². The van der Waals surface area contributed by atoms with Crippen LogP contribution in [0.3, 0.4) is 0 Å². The van der Waals surface area contributed by atoms with Crippen LogP contribution >= 0.6 is 11.6 Å². The molecule has 0 aliphatic carbocycles. The van der Waals surface area contributed by atoms with Crippen LogP contribution in [0.25, 0.3) is 0 Å². The quantitative estimate of drug-likeness (QED) is 0.600. The van der Waals surface area contributed by atoms with Crippen molar-refractivity contribution >= 4 is 11.6 Å². The number of halogens is 1. The Morgan fingerprint density at radius 2 is 2.36 bits per heavy atom. The standard InChI is InChI=1S/C11H14ClNO/c1-2-6-14-8-11(13)9-4-3-5-10(12)7-9/h2-5,7,11H,1,6,8,13H2/t11-/m1/s1. The molecule has 0 aliphatic heterocycles. The molecule has 0 radical (unpaired) electrons. The second kappa shape index (κ2) is 5.81. The normalized spacial score (nSPS) is 12.4. The second-order valence-corrected chi connectivity index (χ2v) is 3.42. The first-order valence-corrected chi connectivity index (χ1v) is 4.81. The minimum Gasteiger partial charge on any atom is -0.375 e. The van der Waals surface area contributed by atoms with E-state index in [1.807, 2.05) is 24.3 Å². The predicted molar refractivity (Wildman–Crippen MR) is 59.4 cm³/mol. The van der Waals surface area contributed by atoms with Gasteiger partial charge in [0.1, 0.15) is 0 Å². The molecule has 1 aromatic rings. The molecule has 1 atom stereocenters. The number of ether oxygens (including phenoxy) is 1. The molecule has 0 aromatic heterocycles. The monoisotopic (exact) mass is 211 g/mol. The minimum atomic E-state index is -0.131. The summed E-state index contributed by atoms with van der Waals surface area (Å²) in [6.45, 7) is 4.56. The zero-order chi connectivity index (χ0) is 10.4. The highest BCUT2D eigenvalue weighted by Gasteiger charge is 2.05. The van der Waals surface area contributed by atoms with Gasteiger partial charge in [-0.05, 0) is 17.7 Å². The van der Waals surface area contributed by atoms with Gasteiger partial charge in [-0.25, -0.2) is 0 Å². The van der Waals surface area contributed by atoms with Crippen molar-refractivity contribution in [3.8, 4) is 0 Å². The van der Waals surface area contributed by atoms with Gasteiger partial charge in [0.15, 0.2) is 0 Å². The van der Waals surface area contributed by atoms with Crippen LogP contribution in [-0.4, -0.2) is 13.2 Å². The first-order chi connectivity index (χ1) is 6.74. The van der Waals surface area contributed by atoms with E-state index in [1.54, 1.807) is 6.08 Å². The van der Waals surface area contributed by atoms with Crippen LogP contribution < -0.4 is 5.73 Å². The molecule has 76 valence electrons. The van der Waals surface area contributed by atoms with Crippen molar-refractivity contribution in [2.24, 2.45) is 5.73 Å². The highest BCUT2D eigenvalue weighted by molar-refractivity contribution is 6.30. The average Bonchev–Trinajstić information content (AvgIpc) is 2.18. The van der Waals surface area contributed by atoms with E-state index in [9.17, 15) is 0 Å². The lowest BCUT2D eigenvalue weighted by molar-refractivity contribution is 0.147. The Kier molecular flexibility index (Phi) is 4.66. The van der Waals surface area contributed by atoms with Crippen LogP contribution in [0.5, 0.6) is 0 Å². The number of benzene rings is 1. The molecule has 0 spiro atoms. The fourth-order valence-electron chi connectivity index (χ4n) is 1.11. The fraction of sp³-hybridized carbons (Fsp3) is 0.273. The van der Waals surface area contributed by atoms with E-state index >= 15 is 0 Å². The van der Waals surface area contributed by atoms with Crippen LogP contribution in [0, 0.1) is 0 Å². The van der Waals surface area contributed by atoms with Crippen molar-refractivity contribution in [2.45, 2.75) is 6.04 Å². The molecule has 0 saturated heterocycles. The van der Waals surface area contributed by atoms with Crippen LogP contribution in [0.4, 0.5) is 0 Å². The summed E-state index contributed by atoms with van der Waals surface area (Å²) in [4.78, 5) is 0. The lowest BCUT2D eigenvalue weighted by Crippen LogP contribution is -2.17. The van der Waals surface area contributed by atoms with E-state index in [0.717, 1.165) is 5.56 Å². The molecule has 0 fully saturated rings. The van der Waals surface area contributed by atoms with Crippen molar-refractivity contribution in [1.82, 2.24) is 0 Å². The Morgan fingerprint density at radius 3 is 3.00 bits per heavy atom. The Balaban J connectivity index is 2.51. The van der Waals surface area contributed by atoms with Crippen molar-refractivity contribution in [3.05, 3.63) is 47.5 Å². The molecule has 0 unspecified atom stereocenters. The van der Waals surface area contributed by atoms with E-state index in [4.69, 9.17) is 22.1 Å². The molecule has 0 bridgehead atoms. The Bertz CT molecular complexity index is 301. The third-order valence-electron chi connectivity index (χ3n) is 1.81. The van der Waals surface area contributed by atoms with E-state index in [1.165, 1.54) is 0 Å². The minimum absolute atomic E-state index is 0.131. The molecule has 0 aliphatic rings. The van der Waals surface area contributed by atoms with Crippen LogP contribution in [0.1, 0.15) is 11.6 Å². The maximum atomic E-state index is 5.89. The maximum absolute atomic E-state index is 5.89. The molecule has 1 rings (SSSR count). The summed E-state index contributed by atoms with van der Waals surface area (Å²) in [7, 11) is 0. The van der Waals surface area contributed by atoms with Crippen molar-refractivity contribution in [2.75, 3.05) is 13.2 Å². The Labute approximate surface area is 89.3 Å². The van der Waals surface area contributed by atoms with Gasteiger partial charge in [0.2, 0.25) is 0 Å². The Morgan fingerprint density at radius 1 is 1.57 bits per heavy atom. The van der Waals surface area contributed by atoms with E-state index in [-0.39, 0.29) is 6.04 Å². The van der Waals surface area contributed by atoms with Crippen LogP contribution in [0.2, 0.25) is 5.02 Å². The lowest BCUT2D eigenvalue weighted by Gasteiger charge is -2.11. The van der Waals surface area contributed by atoms with E-state index < -0.39 is 0 Å². The summed E-state index contributed by atoms with van der Waals surface area (Å²) in [5, 5.41) is 0.696. The summed E-state index contributed by atoms with van der Waals surface area (Å²) in [6, 6.07) is 7.36. The van der Waals surface area contributed by atoms with Crippen molar-refractivity contribution in [1.29, 1.82) is 0 Å². The third-order valence-corrected chi connectivity index (χ3v) is 2.05. The summed E-state index contributed by atoms with van der Waals surface area (Å²) in [5.41, 5.74) is 6.87. The predicted octanol–water partition coefficient (Wildman–Crippen LogP) is 2.54. The van der Waals surface area contributed by atoms with E-state index in [0.29, 0.717) is 18.2 Å². The van der Waals surface area contributed by atoms with Gasteiger partial charge in [-0.3, -0.25) is 0 Å². The Hall–Kier alpha value is -0.830. The van der Waals surface area contributed by atoms with Crippen molar-refractivity contribution in [3.63, 3.8) is 0 Å². The topological polar surface area (TPSA) is 35.2 Å². The fourth-order valence-corrected chi connectivity index (χ4v) is 1.31. The lowest BCUT2D eigenvalue weighted by atomic mass is 10.1. The summed E-state index contributed by atoms with van der Waals surface area (Å²) in [6.07, 6.45) is 1.70. The van der Waals surface area contributed by atoms with Gasteiger partial charge in [-0.15, -0.1) is 6.58 Å².